The average Bonchev–Trinajstić information content (AvgIpc) is 3.16. The lowest BCUT2D eigenvalue weighted by Crippen LogP contribution is -1.89. The molecule has 0 radical (unpaired) electrons. The zero-order valence-electron chi connectivity index (χ0n) is 16.8. The van der Waals surface area contributed by atoms with Crippen molar-refractivity contribution in [2.24, 2.45) is 0 Å². The summed E-state index contributed by atoms with van der Waals surface area (Å²) >= 11 is 0. The molecule has 1 aromatic heterocycles. The average molecular weight is 383 g/mol. The molecule has 1 N–H and O–H groups in total. The van der Waals surface area contributed by atoms with Crippen LogP contribution >= 0.6 is 0 Å². The fourth-order valence-corrected chi connectivity index (χ4v) is 4.75. The smallest absolute Gasteiger partial charge is 0.0557 e. The first kappa shape index (κ1) is 17.1. The molecule has 1 nitrogen and oxygen atoms in total. The molecule has 0 spiro atoms. The second kappa shape index (κ2) is 6.60. The van der Waals surface area contributed by atoms with Crippen molar-refractivity contribution in [3.63, 3.8) is 0 Å². The van der Waals surface area contributed by atoms with Gasteiger partial charge in [-0.2, -0.15) is 0 Å². The molecule has 0 saturated carbocycles. The molecule has 0 aliphatic rings. The summed E-state index contributed by atoms with van der Waals surface area (Å²) in [6, 6.07) is 37.0. The third-order valence-corrected chi connectivity index (χ3v) is 6.04. The number of hydrogen-bond donors (Lipinski definition) is 1. The zero-order valence-corrected chi connectivity index (χ0v) is 16.8. The van der Waals surface area contributed by atoms with Crippen molar-refractivity contribution in [2.75, 3.05) is 0 Å². The van der Waals surface area contributed by atoms with Crippen LogP contribution in [0, 0.1) is 6.92 Å². The predicted molar refractivity (Wildman–Crippen MR) is 129 cm³/mol. The number of H-pyrrole nitrogens is 1. The standard InChI is InChI=1S/C29H21N/c1-19-16-17-25-24(18-19)28-26(20-10-4-2-5-11-20)22-14-8-9-15-23(22)27(29(28)30-25)21-12-6-3-7-13-21/h2-18,30H,1H3. The summed E-state index contributed by atoms with van der Waals surface area (Å²) in [6.07, 6.45) is 0. The highest BCUT2D eigenvalue weighted by Gasteiger charge is 2.20. The molecule has 0 unspecified atom stereocenters. The summed E-state index contributed by atoms with van der Waals surface area (Å²) in [7, 11) is 0. The lowest BCUT2D eigenvalue weighted by Gasteiger charge is -2.15. The van der Waals surface area contributed by atoms with Gasteiger partial charge in [-0.25, -0.2) is 0 Å². The van der Waals surface area contributed by atoms with E-state index in [0.717, 1.165) is 0 Å². The van der Waals surface area contributed by atoms with Crippen LogP contribution in [0.15, 0.2) is 103 Å². The number of rotatable bonds is 2. The van der Waals surface area contributed by atoms with Gasteiger partial charge in [0.25, 0.3) is 0 Å². The Balaban J connectivity index is 1.93. The Bertz CT molecular complexity index is 1520. The fraction of sp³-hybridized carbons (Fsp3) is 0.0345. The highest BCUT2D eigenvalue weighted by atomic mass is 14.7. The molecule has 6 rings (SSSR count). The van der Waals surface area contributed by atoms with Crippen molar-refractivity contribution >= 4 is 32.6 Å². The Morgan fingerprint density at radius 3 is 1.77 bits per heavy atom. The quantitative estimate of drug-likeness (QED) is 0.311. The summed E-state index contributed by atoms with van der Waals surface area (Å²) in [5.41, 5.74) is 8.73. The zero-order chi connectivity index (χ0) is 20.1. The number of hydrogen-bond acceptors (Lipinski definition) is 0. The fourth-order valence-electron chi connectivity index (χ4n) is 4.75. The van der Waals surface area contributed by atoms with Crippen LogP contribution in [-0.4, -0.2) is 4.98 Å². The van der Waals surface area contributed by atoms with Gasteiger partial charge in [-0.3, -0.25) is 0 Å². The summed E-state index contributed by atoms with van der Waals surface area (Å²) < 4.78 is 0. The van der Waals surface area contributed by atoms with Crippen LogP contribution in [0.2, 0.25) is 0 Å². The second-order valence-corrected chi connectivity index (χ2v) is 7.95. The van der Waals surface area contributed by atoms with Crippen molar-refractivity contribution in [1.29, 1.82) is 0 Å². The Morgan fingerprint density at radius 2 is 1.10 bits per heavy atom. The first-order chi connectivity index (χ1) is 14.8. The molecule has 1 heterocycles. The van der Waals surface area contributed by atoms with Gasteiger partial charge in [-0.05, 0) is 46.5 Å². The van der Waals surface area contributed by atoms with Gasteiger partial charge in [-0.1, -0.05) is 96.6 Å². The van der Waals surface area contributed by atoms with Crippen molar-refractivity contribution in [3.8, 4) is 22.3 Å². The maximum Gasteiger partial charge on any atom is 0.0557 e. The number of benzene rings is 5. The summed E-state index contributed by atoms with van der Waals surface area (Å²) in [4.78, 5) is 3.77. The van der Waals surface area contributed by atoms with Crippen LogP contribution in [0.5, 0.6) is 0 Å². The van der Waals surface area contributed by atoms with Gasteiger partial charge in [0, 0.05) is 21.9 Å². The van der Waals surface area contributed by atoms with Gasteiger partial charge in [0.2, 0.25) is 0 Å². The first-order valence-corrected chi connectivity index (χ1v) is 10.4. The van der Waals surface area contributed by atoms with E-state index in [0.29, 0.717) is 0 Å². The predicted octanol–water partition coefficient (Wildman–Crippen LogP) is 8.12. The van der Waals surface area contributed by atoms with Gasteiger partial charge >= 0.3 is 0 Å². The maximum absolute atomic E-state index is 3.77. The van der Waals surface area contributed by atoms with Crippen molar-refractivity contribution < 1.29 is 0 Å². The Kier molecular flexibility index (Phi) is 3.75. The highest BCUT2D eigenvalue weighted by molar-refractivity contribution is 6.27. The van der Waals surface area contributed by atoms with E-state index in [1.807, 2.05) is 0 Å². The van der Waals surface area contributed by atoms with E-state index in [4.69, 9.17) is 0 Å². The van der Waals surface area contributed by atoms with Gasteiger partial charge in [0.1, 0.15) is 0 Å². The molecule has 0 aliphatic carbocycles. The lowest BCUT2D eigenvalue weighted by molar-refractivity contribution is 1.49. The third-order valence-electron chi connectivity index (χ3n) is 6.04. The number of aromatic amines is 1. The number of fused-ring (bicyclic) bond motifs is 4. The number of aromatic nitrogens is 1. The molecule has 30 heavy (non-hydrogen) atoms. The molecule has 0 aliphatic heterocycles. The number of aryl methyl sites for hydroxylation is 1. The van der Waals surface area contributed by atoms with Crippen LogP contribution in [-0.2, 0) is 0 Å². The van der Waals surface area contributed by atoms with Crippen molar-refractivity contribution in [2.45, 2.75) is 6.92 Å². The van der Waals surface area contributed by atoms with E-state index in [1.165, 1.54) is 60.4 Å². The largest absolute Gasteiger partial charge is 0.354 e. The van der Waals surface area contributed by atoms with Gasteiger partial charge < -0.3 is 4.98 Å². The maximum atomic E-state index is 3.77. The van der Waals surface area contributed by atoms with E-state index in [9.17, 15) is 0 Å². The molecule has 0 amide bonds. The van der Waals surface area contributed by atoms with E-state index in [1.54, 1.807) is 0 Å². The van der Waals surface area contributed by atoms with E-state index >= 15 is 0 Å². The van der Waals surface area contributed by atoms with Crippen molar-refractivity contribution in [1.82, 2.24) is 4.98 Å². The molecular weight excluding hydrogens is 362 g/mol. The summed E-state index contributed by atoms with van der Waals surface area (Å²) in [5, 5.41) is 5.15. The topological polar surface area (TPSA) is 15.8 Å². The molecular formula is C29H21N. The minimum atomic E-state index is 1.18. The molecule has 0 atom stereocenters. The van der Waals surface area contributed by atoms with Gasteiger partial charge in [-0.15, -0.1) is 0 Å². The third kappa shape index (κ3) is 2.49. The van der Waals surface area contributed by atoms with E-state index < -0.39 is 0 Å². The lowest BCUT2D eigenvalue weighted by atomic mass is 9.88. The molecule has 0 bridgehead atoms. The Labute approximate surface area is 175 Å². The normalized spacial score (nSPS) is 11.5. The minimum Gasteiger partial charge on any atom is -0.354 e. The minimum absolute atomic E-state index is 1.18. The molecule has 142 valence electrons. The Morgan fingerprint density at radius 1 is 0.533 bits per heavy atom. The summed E-state index contributed by atoms with van der Waals surface area (Å²) in [6.45, 7) is 2.17. The van der Waals surface area contributed by atoms with Crippen LogP contribution in [0.1, 0.15) is 5.56 Å². The van der Waals surface area contributed by atoms with Crippen LogP contribution < -0.4 is 0 Å². The highest BCUT2D eigenvalue weighted by Crippen LogP contribution is 2.46. The van der Waals surface area contributed by atoms with Gasteiger partial charge in [0.15, 0.2) is 0 Å². The monoisotopic (exact) mass is 383 g/mol. The van der Waals surface area contributed by atoms with E-state index in [-0.39, 0.29) is 0 Å². The Hall–Kier alpha value is -3.84. The molecule has 6 aromatic rings. The number of nitrogens with one attached hydrogen (secondary N) is 1. The van der Waals surface area contributed by atoms with Crippen LogP contribution in [0.25, 0.3) is 54.8 Å². The van der Waals surface area contributed by atoms with Gasteiger partial charge in [0.05, 0.1) is 5.52 Å². The van der Waals surface area contributed by atoms with Crippen LogP contribution in [0.4, 0.5) is 0 Å². The molecule has 0 saturated heterocycles. The first-order valence-electron chi connectivity index (χ1n) is 10.4. The van der Waals surface area contributed by atoms with Crippen molar-refractivity contribution in [3.05, 3.63) is 109 Å². The second-order valence-electron chi connectivity index (χ2n) is 7.95. The molecule has 5 aromatic carbocycles. The van der Waals surface area contributed by atoms with Crippen LogP contribution in [0.3, 0.4) is 0 Å². The molecule has 0 fully saturated rings. The summed E-state index contributed by atoms with van der Waals surface area (Å²) in [5.74, 6) is 0. The van der Waals surface area contributed by atoms with E-state index in [2.05, 4.69) is 115 Å². The SMILES string of the molecule is Cc1ccc2[nH]c3c(-c4ccccc4)c4ccccc4c(-c4ccccc4)c3c2c1. The molecule has 1 heteroatoms.